The Morgan fingerprint density at radius 1 is 1.21 bits per heavy atom. The molecule has 0 unspecified atom stereocenters. The number of aromatic nitrogens is 2. The zero-order valence-corrected chi connectivity index (χ0v) is 10.2. The van der Waals surface area contributed by atoms with Crippen molar-refractivity contribution in [3.63, 3.8) is 0 Å². The van der Waals surface area contributed by atoms with Gasteiger partial charge in [0.05, 0.1) is 6.54 Å². The third kappa shape index (κ3) is 1.91. The molecule has 0 radical (unpaired) electrons. The maximum absolute atomic E-state index is 12.3. The lowest BCUT2D eigenvalue weighted by Gasteiger charge is -2.28. The Morgan fingerprint density at radius 2 is 1.95 bits per heavy atom. The first-order chi connectivity index (χ1) is 9.16. The van der Waals surface area contributed by atoms with E-state index in [2.05, 4.69) is 4.98 Å². The molecule has 1 aliphatic rings. The lowest BCUT2D eigenvalue weighted by atomic mass is 10.1. The monoisotopic (exact) mass is 259 g/mol. The van der Waals surface area contributed by atoms with Crippen LogP contribution in [-0.4, -0.2) is 37.1 Å². The Balaban J connectivity index is 1.90. The number of hydrogen-bond acceptors (Lipinski definition) is 4. The van der Waals surface area contributed by atoms with Gasteiger partial charge in [-0.05, 0) is 12.1 Å². The van der Waals surface area contributed by atoms with Gasteiger partial charge in [0.2, 0.25) is 0 Å². The van der Waals surface area contributed by atoms with Crippen molar-refractivity contribution in [3.05, 3.63) is 42.0 Å². The third-order valence-corrected chi connectivity index (χ3v) is 3.27. The second-order valence-corrected chi connectivity index (χ2v) is 4.43. The van der Waals surface area contributed by atoms with Crippen LogP contribution in [0.3, 0.4) is 0 Å². The topological polar surface area (TPSA) is 78.6 Å². The smallest absolute Gasteiger partial charge is 0.261 e. The number of carbonyl (C=O) groups excluding carboxylic acids is 1. The van der Waals surface area contributed by atoms with Crippen LogP contribution >= 0.6 is 0 Å². The van der Waals surface area contributed by atoms with E-state index < -0.39 is 0 Å². The van der Waals surface area contributed by atoms with Gasteiger partial charge in [-0.25, -0.2) is 4.98 Å². The second kappa shape index (κ2) is 4.31. The van der Waals surface area contributed by atoms with Crippen LogP contribution in [0, 0.1) is 0 Å². The molecule has 1 aromatic carbocycles. The number of hydrogen-bond donors (Lipinski definition) is 2. The van der Waals surface area contributed by atoms with Crippen LogP contribution in [0.2, 0.25) is 0 Å². The summed E-state index contributed by atoms with van der Waals surface area (Å²) in [5, 5.41) is 19.4. The van der Waals surface area contributed by atoms with E-state index in [1.165, 1.54) is 18.2 Å². The van der Waals surface area contributed by atoms with E-state index in [-0.39, 0.29) is 23.0 Å². The van der Waals surface area contributed by atoms with Crippen molar-refractivity contribution in [2.75, 3.05) is 6.54 Å². The van der Waals surface area contributed by atoms with E-state index in [1.807, 2.05) is 10.8 Å². The summed E-state index contributed by atoms with van der Waals surface area (Å²) in [5.41, 5.74) is -0.0532. The molecule has 1 amide bonds. The lowest BCUT2D eigenvalue weighted by molar-refractivity contribution is 0.0701. The maximum Gasteiger partial charge on any atom is 0.261 e. The number of phenols is 2. The highest BCUT2D eigenvalue weighted by Gasteiger charge is 2.26. The summed E-state index contributed by atoms with van der Waals surface area (Å²) in [6.45, 7) is 1.56. The van der Waals surface area contributed by atoms with Crippen molar-refractivity contribution in [3.8, 4) is 11.5 Å². The van der Waals surface area contributed by atoms with Gasteiger partial charge in [-0.3, -0.25) is 4.79 Å². The van der Waals surface area contributed by atoms with Crippen molar-refractivity contribution in [1.29, 1.82) is 0 Å². The van der Waals surface area contributed by atoms with Crippen LogP contribution in [0.25, 0.3) is 0 Å². The number of amides is 1. The standard InChI is InChI=1S/C13H13N3O3/c17-9-2-1-3-10(18)12(9)13(19)16-7-6-15-5-4-14-11(15)8-16/h1-5,17-18H,6-8H2. The zero-order chi connectivity index (χ0) is 13.4. The van der Waals surface area contributed by atoms with E-state index in [4.69, 9.17) is 0 Å². The molecule has 1 aromatic heterocycles. The molecule has 0 spiro atoms. The van der Waals surface area contributed by atoms with Crippen molar-refractivity contribution in [1.82, 2.24) is 14.5 Å². The molecule has 2 N–H and O–H groups in total. The number of phenolic OH excluding ortho intramolecular Hbond substituents is 2. The molecular weight excluding hydrogens is 246 g/mol. The van der Waals surface area contributed by atoms with Crippen LogP contribution in [0.1, 0.15) is 16.2 Å². The van der Waals surface area contributed by atoms with Crippen LogP contribution in [0.15, 0.2) is 30.6 Å². The fourth-order valence-electron chi connectivity index (χ4n) is 2.25. The quantitative estimate of drug-likeness (QED) is 0.799. The van der Waals surface area contributed by atoms with Crippen LogP contribution < -0.4 is 0 Å². The molecule has 6 nitrogen and oxygen atoms in total. The molecule has 2 aromatic rings. The number of fused-ring (bicyclic) bond motifs is 1. The van der Waals surface area contributed by atoms with Gasteiger partial charge in [-0.2, -0.15) is 0 Å². The van der Waals surface area contributed by atoms with E-state index in [9.17, 15) is 15.0 Å². The van der Waals surface area contributed by atoms with Gasteiger partial charge in [-0.15, -0.1) is 0 Å². The number of nitrogens with zero attached hydrogens (tertiary/aromatic N) is 3. The largest absolute Gasteiger partial charge is 0.507 e. The number of imidazole rings is 1. The van der Waals surface area contributed by atoms with Crippen molar-refractivity contribution in [2.24, 2.45) is 0 Å². The first kappa shape index (κ1) is 11.6. The molecule has 0 saturated heterocycles. The number of carbonyl (C=O) groups is 1. The molecule has 0 bridgehead atoms. The minimum absolute atomic E-state index is 0.0532. The Bertz CT molecular complexity index is 616. The first-order valence-electron chi connectivity index (χ1n) is 5.97. The molecule has 19 heavy (non-hydrogen) atoms. The van der Waals surface area contributed by atoms with Crippen molar-refractivity contribution >= 4 is 5.91 Å². The average Bonchev–Trinajstić information content (AvgIpc) is 2.85. The predicted octanol–water partition coefficient (Wildman–Crippen LogP) is 0.950. The molecule has 0 atom stereocenters. The number of aromatic hydroxyl groups is 2. The average molecular weight is 259 g/mol. The van der Waals surface area contributed by atoms with Crippen LogP contribution in [0.4, 0.5) is 0 Å². The molecule has 98 valence electrons. The Hall–Kier alpha value is -2.50. The van der Waals surface area contributed by atoms with Gasteiger partial charge in [-0.1, -0.05) is 6.07 Å². The molecule has 3 rings (SSSR count). The summed E-state index contributed by atoms with van der Waals surface area (Å²) in [6, 6.07) is 4.26. The number of benzene rings is 1. The van der Waals surface area contributed by atoms with Gasteiger partial charge in [0.15, 0.2) is 0 Å². The minimum atomic E-state index is -0.384. The highest BCUT2D eigenvalue weighted by Crippen LogP contribution is 2.28. The third-order valence-electron chi connectivity index (χ3n) is 3.27. The van der Waals surface area contributed by atoms with Crippen molar-refractivity contribution in [2.45, 2.75) is 13.1 Å². The van der Waals surface area contributed by atoms with Gasteiger partial charge >= 0.3 is 0 Å². The van der Waals surface area contributed by atoms with E-state index >= 15 is 0 Å². The van der Waals surface area contributed by atoms with E-state index in [0.717, 1.165) is 5.82 Å². The molecular formula is C13H13N3O3. The summed E-state index contributed by atoms with van der Waals surface area (Å²) in [4.78, 5) is 18.1. The van der Waals surface area contributed by atoms with Crippen molar-refractivity contribution < 1.29 is 15.0 Å². The first-order valence-corrected chi connectivity index (χ1v) is 5.97. The van der Waals surface area contributed by atoms with Crippen LogP contribution in [0.5, 0.6) is 11.5 Å². The summed E-state index contributed by atoms with van der Waals surface area (Å²) < 4.78 is 1.98. The minimum Gasteiger partial charge on any atom is -0.507 e. The normalized spacial score (nSPS) is 14.2. The Morgan fingerprint density at radius 3 is 2.68 bits per heavy atom. The zero-order valence-electron chi connectivity index (χ0n) is 10.2. The summed E-state index contributed by atoms with van der Waals surface area (Å²) in [6.07, 6.45) is 3.56. The maximum atomic E-state index is 12.3. The van der Waals surface area contributed by atoms with E-state index in [0.29, 0.717) is 19.6 Å². The summed E-state index contributed by atoms with van der Waals surface area (Å²) >= 11 is 0. The molecule has 0 aliphatic carbocycles. The van der Waals surface area contributed by atoms with Gasteiger partial charge in [0, 0.05) is 25.5 Å². The molecule has 0 fully saturated rings. The number of rotatable bonds is 1. The van der Waals surface area contributed by atoms with E-state index in [1.54, 1.807) is 11.1 Å². The fraction of sp³-hybridized carbons (Fsp3) is 0.231. The summed E-state index contributed by atoms with van der Waals surface area (Å²) in [5.74, 6) is -0.00260. The van der Waals surface area contributed by atoms with Gasteiger partial charge < -0.3 is 19.7 Å². The highest BCUT2D eigenvalue weighted by molar-refractivity contribution is 5.99. The predicted molar refractivity (Wildman–Crippen MR) is 66.7 cm³/mol. The van der Waals surface area contributed by atoms with Gasteiger partial charge in [0.25, 0.3) is 5.91 Å². The molecule has 1 aliphatic heterocycles. The lowest BCUT2D eigenvalue weighted by Crippen LogP contribution is -2.38. The second-order valence-electron chi connectivity index (χ2n) is 4.43. The fourth-order valence-corrected chi connectivity index (χ4v) is 2.25. The van der Waals surface area contributed by atoms with Crippen LogP contribution in [-0.2, 0) is 13.1 Å². The molecule has 6 heteroatoms. The van der Waals surface area contributed by atoms with Gasteiger partial charge in [0.1, 0.15) is 22.9 Å². The SMILES string of the molecule is O=C(c1c(O)cccc1O)N1CCn2ccnc2C1. The summed E-state index contributed by atoms with van der Waals surface area (Å²) in [7, 11) is 0. The molecule has 2 heterocycles. The Kier molecular flexibility index (Phi) is 2.63. The Labute approximate surface area is 109 Å². The highest BCUT2D eigenvalue weighted by atomic mass is 16.3. The molecule has 0 saturated carbocycles.